The summed E-state index contributed by atoms with van der Waals surface area (Å²) < 4.78 is 18.3. The number of aliphatic hydroxyl groups is 1. The Kier molecular flexibility index (Phi) is 4.27. The van der Waals surface area contributed by atoms with Crippen LogP contribution in [0.3, 0.4) is 0 Å². The monoisotopic (exact) mass is 345 g/mol. The highest BCUT2D eigenvalue weighted by atomic mass is 16.7. The number of ether oxygens (including phenoxy) is 3. The van der Waals surface area contributed by atoms with Gasteiger partial charge in [0, 0.05) is 31.4 Å². The Morgan fingerprint density at radius 3 is 2.80 bits per heavy atom. The highest BCUT2D eigenvalue weighted by molar-refractivity contribution is 5.46. The minimum absolute atomic E-state index is 0.243. The van der Waals surface area contributed by atoms with Crippen molar-refractivity contribution in [2.45, 2.75) is 26.0 Å². The molecule has 4 rings (SSSR count). The van der Waals surface area contributed by atoms with E-state index in [9.17, 15) is 5.11 Å². The maximum absolute atomic E-state index is 10.2. The van der Waals surface area contributed by atoms with E-state index in [0.29, 0.717) is 24.1 Å². The Morgan fingerprint density at radius 2 is 2.04 bits per heavy atom. The van der Waals surface area contributed by atoms with Crippen LogP contribution in [0.2, 0.25) is 0 Å². The first-order chi connectivity index (χ1) is 12.1. The third-order valence-corrected chi connectivity index (χ3v) is 4.58. The van der Waals surface area contributed by atoms with Gasteiger partial charge in [0.1, 0.15) is 18.5 Å². The SMILES string of the molecule is Cc1cc(C)n(C2CN(C[C@@H](O)COc3ccc4c(c3)OCO4)C2)n1. The smallest absolute Gasteiger partial charge is 0.231 e. The lowest BCUT2D eigenvalue weighted by molar-refractivity contribution is 0.0199. The summed E-state index contributed by atoms with van der Waals surface area (Å²) in [5.74, 6) is 2.08. The number of aryl methyl sites for hydroxylation is 2. The molecule has 0 aliphatic carbocycles. The third-order valence-electron chi connectivity index (χ3n) is 4.58. The van der Waals surface area contributed by atoms with Crippen molar-refractivity contribution in [3.8, 4) is 17.2 Å². The Balaban J connectivity index is 1.22. The predicted octanol–water partition coefficient (Wildman–Crippen LogP) is 1.53. The quantitative estimate of drug-likeness (QED) is 0.856. The Bertz CT molecular complexity index is 755. The lowest BCUT2D eigenvalue weighted by atomic mass is 10.1. The highest BCUT2D eigenvalue weighted by Crippen LogP contribution is 2.35. The zero-order valence-corrected chi connectivity index (χ0v) is 14.5. The van der Waals surface area contributed by atoms with Crippen molar-refractivity contribution in [1.29, 1.82) is 0 Å². The lowest BCUT2D eigenvalue weighted by Gasteiger charge is -2.40. The van der Waals surface area contributed by atoms with E-state index in [1.54, 1.807) is 6.07 Å². The minimum Gasteiger partial charge on any atom is -0.491 e. The fourth-order valence-corrected chi connectivity index (χ4v) is 3.37. The number of hydrogen-bond donors (Lipinski definition) is 1. The van der Waals surface area contributed by atoms with Gasteiger partial charge in [-0.25, -0.2) is 0 Å². The van der Waals surface area contributed by atoms with Gasteiger partial charge in [-0.1, -0.05) is 0 Å². The summed E-state index contributed by atoms with van der Waals surface area (Å²) in [6, 6.07) is 7.92. The summed E-state index contributed by atoms with van der Waals surface area (Å²) in [5.41, 5.74) is 2.24. The number of β-amino-alcohol motifs (C(OH)–C–C–N with tert-alkyl or cyclic N) is 1. The number of benzene rings is 1. The maximum atomic E-state index is 10.2. The van der Waals surface area contributed by atoms with E-state index in [4.69, 9.17) is 14.2 Å². The Labute approximate surface area is 146 Å². The fourth-order valence-electron chi connectivity index (χ4n) is 3.37. The van der Waals surface area contributed by atoms with Gasteiger partial charge in [-0.2, -0.15) is 5.10 Å². The summed E-state index contributed by atoms with van der Waals surface area (Å²) in [4.78, 5) is 2.22. The molecule has 1 N–H and O–H groups in total. The number of rotatable bonds is 6. The van der Waals surface area contributed by atoms with Crippen molar-refractivity contribution in [2.24, 2.45) is 0 Å². The summed E-state index contributed by atoms with van der Waals surface area (Å²) in [5, 5.41) is 14.7. The van der Waals surface area contributed by atoms with Crippen LogP contribution in [0.25, 0.3) is 0 Å². The molecule has 0 saturated carbocycles. The van der Waals surface area contributed by atoms with Gasteiger partial charge >= 0.3 is 0 Å². The van der Waals surface area contributed by atoms with Gasteiger partial charge in [-0.15, -0.1) is 0 Å². The fraction of sp³-hybridized carbons (Fsp3) is 0.500. The van der Waals surface area contributed by atoms with E-state index in [2.05, 4.69) is 27.7 Å². The van der Waals surface area contributed by atoms with Gasteiger partial charge < -0.3 is 19.3 Å². The molecule has 0 amide bonds. The van der Waals surface area contributed by atoms with E-state index in [0.717, 1.165) is 24.5 Å². The summed E-state index contributed by atoms with van der Waals surface area (Å²) >= 11 is 0. The first-order valence-corrected chi connectivity index (χ1v) is 8.54. The van der Waals surface area contributed by atoms with Crippen molar-refractivity contribution in [1.82, 2.24) is 14.7 Å². The van der Waals surface area contributed by atoms with Crippen LogP contribution in [-0.2, 0) is 0 Å². The van der Waals surface area contributed by atoms with Crippen molar-refractivity contribution in [3.05, 3.63) is 35.7 Å². The van der Waals surface area contributed by atoms with E-state index < -0.39 is 6.10 Å². The number of hydrogen-bond acceptors (Lipinski definition) is 6. The molecule has 0 unspecified atom stereocenters. The van der Waals surface area contributed by atoms with E-state index in [1.165, 1.54) is 5.69 Å². The molecule has 2 aliphatic rings. The van der Waals surface area contributed by atoms with Crippen LogP contribution in [0.1, 0.15) is 17.4 Å². The van der Waals surface area contributed by atoms with Gasteiger partial charge in [0.25, 0.3) is 0 Å². The molecule has 25 heavy (non-hydrogen) atoms. The zero-order valence-electron chi connectivity index (χ0n) is 14.5. The van der Waals surface area contributed by atoms with Crippen LogP contribution >= 0.6 is 0 Å². The molecule has 1 aromatic heterocycles. The van der Waals surface area contributed by atoms with E-state index in [1.807, 2.05) is 19.1 Å². The third kappa shape index (κ3) is 3.43. The number of likely N-dealkylation sites (tertiary alicyclic amines) is 1. The van der Waals surface area contributed by atoms with Crippen LogP contribution in [0.15, 0.2) is 24.3 Å². The molecule has 1 aromatic carbocycles. The molecule has 0 spiro atoms. The molecule has 134 valence electrons. The van der Waals surface area contributed by atoms with Gasteiger partial charge in [0.05, 0.1) is 11.7 Å². The standard InChI is InChI=1S/C18H23N3O4/c1-12-5-13(2)21(19-12)14-7-20(8-14)9-15(22)10-23-16-3-4-17-18(6-16)25-11-24-17/h3-6,14-15,22H,7-11H2,1-2H3/t15-/m1/s1. The van der Waals surface area contributed by atoms with E-state index >= 15 is 0 Å². The molecular weight excluding hydrogens is 322 g/mol. The molecule has 2 aliphatic heterocycles. The summed E-state index contributed by atoms with van der Waals surface area (Å²) in [6.45, 7) is 6.99. The molecular formula is C18H23N3O4. The van der Waals surface area contributed by atoms with Crippen molar-refractivity contribution in [2.75, 3.05) is 33.0 Å². The Hall–Kier alpha value is -2.25. The van der Waals surface area contributed by atoms with E-state index in [-0.39, 0.29) is 13.4 Å². The molecule has 3 heterocycles. The molecule has 7 heteroatoms. The topological polar surface area (TPSA) is 69.0 Å². The van der Waals surface area contributed by atoms with Crippen molar-refractivity contribution >= 4 is 0 Å². The van der Waals surface area contributed by atoms with Gasteiger partial charge in [0.2, 0.25) is 6.79 Å². The number of aliphatic hydroxyl groups excluding tert-OH is 1. The summed E-state index contributed by atoms with van der Waals surface area (Å²) in [7, 11) is 0. The van der Waals surface area contributed by atoms with Crippen LogP contribution in [0.5, 0.6) is 17.2 Å². The molecule has 7 nitrogen and oxygen atoms in total. The first-order valence-electron chi connectivity index (χ1n) is 8.54. The second-order valence-electron chi connectivity index (χ2n) is 6.72. The second kappa shape index (κ2) is 6.57. The van der Waals surface area contributed by atoms with Gasteiger partial charge in [-0.05, 0) is 32.0 Å². The number of fused-ring (bicyclic) bond motifs is 1. The maximum Gasteiger partial charge on any atom is 0.231 e. The zero-order chi connectivity index (χ0) is 17.4. The largest absolute Gasteiger partial charge is 0.491 e. The molecule has 1 saturated heterocycles. The lowest BCUT2D eigenvalue weighted by Crippen LogP contribution is -2.51. The molecule has 2 aromatic rings. The second-order valence-corrected chi connectivity index (χ2v) is 6.72. The molecule has 1 fully saturated rings. The first kappa shape index (κ1) is 16.2. The van der Waals surface area contributed by atoms with Crippen LogP contribution < -0.4 is 14.2 Å². The average molecular weight is 345 g/mol. The normalized spacial score (nSPS) is 18.2. The molecule has 1 atom stereocenters. The summed E-state index contributed by atoms with van der Waals surface area (Å²) in [6.07, 6.45) is -0.535. The van der Waals surface area contributed by atoms with Crippen LogP contribution in [0.4, 0.5) is 0 Å². The number of nitrogens with zero attached hydrogens (tertiary/aromatic N) is 3. The van der Waals surface area contributed by atoms with Gasteiger partial charge in [-0.3, -0.25) is 9.58 Å². The molecule has 0 bridgehead atoms. The Morgan fingerprint density at radius 1 is 1.24 bits per heavy atom. The van der Waals surface area contributed by atoms with Crippen LogP contribution in [-0.4, -0.2) is 58.9 Å². The highest BCUT2D eigenvalue weighted by Gasteiger charge is 2.31. The van der Waals surface area contributed by atoms with Gasteiger partial charge in [0.15, 0.2) is 11.5 Å². The average Bonchev–Trinajstić information content (AvgIpc) is 3.13. The predicted molar refractivity (Wildman–Crippen MR) is 91.2 cm³/mol. The van der Waals surface area contributed by atoms with Crippen LogP contribution in [0, 0.1) is 13.8 Å². The van der Waals surface area contributed by atoms with Crippen molar-refractivity contribution in [3.63, 3.8) is 0 Å². The van der Waals surface area contributed by atoms with Crippen molar-refractivity contribution < 1.29 is 19.3 Å². The number of aromatic nitrogens is 2. The minimum atomic E-state index is -0.535. The molecule has 0 radical (unpaired) electrons.